The Bertz CT molecular complexity index is 949. The summed E-state index contributed by atoms with van der Waals surface area (Å²) < 4.78 is 0. The van der Waals surface area contributed by atoms with E-state index in [4.69, 9.17) is 11.6 Å². The molecule has 6 nitrogen and oxygen atoms in total. The average molecular weight is 368 g/mol. The minimum atomic E-state index is -0.526. The van der Waals surface area contributed by atoms with Gasteiger partial charge in [0.15, 0.2) is 5.82 Å². The van der Waals surface area contributed by atoms with Crippen molar-refractivity contribution in [2.75, 3.05) is 4.90 Å². The van der Waals surface area contributed by atoms with Crippen molar-refractivity contribution in [1.82, 2.24) is 19.9 Å². The summed E-state index contributed by atoms with van der Waals surface area (Å²) in [5.41, 5.74) is 2.31. The van der Waals surface area contributed by atoms with Crippen LogP contribution in [0.25, 0.3) is 5.57 Å². The number of hydrogen-bond donors (Lipinski definition) is 0. The molecule has 26 heavy (non-hydrogen) atoms. The van der Waals surface area contributed by atoms with E-state index in [1.807, 2.05) is 26.8 Å². The highest BCUT2D eigenvalue weighted by Crippen LogP contribution is 2.50. The van der Waals surface area contributed by atoms with Gasteiger partial charge in [-0.05, 0) is 25.0 Å². The molecule has 1 atom stereocenters. The molecule has 1 unspecified atom stereocenters. The van der Waals surface area contributed by atoms with Crippen LogP contribution in [-0.4, -0.2) is 25.8 Å². The van der Waals surface area contributed by atoms with Crippen LogP contribution >= 0.6 is 11.6 Å². The number of nitrogens with zero attached hydrogens (tertiary/aromatic N) is 5. The van der Waals surface area contributed by atoms with Crippen molar-refractivity contribution in [3.8, 4) is 0 Å². The van der Waals surface area contributed by atoms with Gasteiger partial charge in [-0.15, -0.1) is 0 Å². The molecule has 2 aromatic heterocycles. The normalized spacial score (nSPS) is 21.3. The summed E-state index contributed by atoms with van der Waals surface area (Å²) in [6, 6.07) is 0. The van der Waals surface area contributed by atoms with E-state index in [-0.39, 0.29) is 17.0 Å². The fraction of sp³-hybridized carbons (Fsp3) is 0.316. The van der Waals surface area contributed by atoms with E-state index >= 15 is 0 Å². The van der Waals surface area contributed by atoms with Gasteiger partial charge in [-0.25, -0.2) is 15.0 Å². The molecule has 4 rings (SSSR count). The molecule has 0 N–H and O–H groups in total. The van der Waals surface area contributed by atoms with Crippen LogP contribution in [0.1, 0.15) is 31.7 Å². The largest absolute Gasteiger partial charge is 0.273 e. The highest BCUT2D eigenvalue weighted by Gasteiger charge is 2.51. The third-order valence-corrected chi connectivity index (χ3v) is 5.24. The van der Waals surface area contributed by atoms with Crippen molar-refractivity contribution in [1.29, 1.82) is 0 Å². The summed E-state index contributed by atoms with van der Waals surface area (Å²) in [6.45, 7) is 5.80. The maximum atomic E-state index is 13.1. The molecule has 0 bridgehead atoms. The van der Waals surface area contributed by atoms with Gasteiger partial charge in [0, 0.05) is 29.6 Å². The Hall–Kier alpha value is -2.60. The molecule has 0 spiro atoms. The number of carbonyl (C=O) groups excluding carboxylic acids is 1. The highest BCUT2D eigenvalue weighted by atomic mass is 35.5. The van der Waals surface area contributed by atoms with E-state index in [1.54, 1.807) is 23.5 Å². The van der Waals surface area contributed by atoms with Crippen molar-refractivity contribution in [3.63, 3.8) is 0 Å². The maximum absolute atomic E-state index is 13.1. The topological polar surface area (TPSA) is 71.9 Å². The molecule has 7 heteroatoms. The molecule has 1 fully saturated rings. The lowest BCUT2D eigenvalue weighted by Crippen LogP contribution is -2.31. The Balaban J connectivity index is 1.81. The zero-order valence-electron chi connectivity index (χ0n) is 14.8. The monoisotopic (exact) mass is 367 g/mol. The first kappa shape index (κ1) is 16.8. The summed E-state index contributed by atoms with van der Waals surface area (Å²) in [7, 11) is 0. The highest BCUT2D eigenvalue weighted by molar-refractivity contribution is 6.29. The van der Waals surface area contributed by atoms with E-state index in [2.05, 4.69) is 26.0 Å². The van der Waals surface area contributed by atoms with Crippen LogP contribution in [-0.2, 0) is 4.79 Å². The van der Waals surface area contributed by atoms with Crippen LogP contribution in [0, 0.1) is 18.3 Å². The molecule has 3 heterocycles. The van der Waals surface area contributed by atoms with Crippen LogP contribution in [0.5, 0.6) is 0 Å². The summed E-state index contributed by atoms with van der Waals surface area (Å²) in [4.78, 5) is 31.7. The quantitative estimate of drug-likeness (QED) is 0.811. The Kier molecular flexibility index (Phi) is 3.88. The van der Waals surface area contributed by atoms with Crippen molar-refractivity contribution in [3.05, 3.63) is 59.2 Å². The molecule has 0 radical (unpaired) electrons. The van der Waals surface area contributed by atoms with Crippen molar-refractivity contribution in [2.24, 2.45) is 11.3 Å². The molecule has 1 aliphatic heterocycles. The average Bonchev–Trinajstić information content (AvgIpc) is 2.81. The molecule has 0 saturated carbocycles. The number of fused-ring (bicyclic) bond motifs is 1. The first-order valence-electron chi connectivity index (χ1n) is 8.41. The minimum absolute atomic E-state index is 0.000114. The summed E-state index contributed by atoms with van der Waals surface area (Å²) in [6.07, 6.45) is 11.6. The maximum Gasteiger partial charge on any atom is 0.238 e. The van der Waals surface area contributed by atoms with Crippen molar-refractivity contribution >= 4 is 28.9 Å². The molecule has 2 aliphatic rings. The van der Waals surface area contributed by atoms with Gasteiger partial charge in [0.1, 0.15) is 11.0 Å². The third kappa shape index (κ3) is 2.61. The van der Waals surface area contributed by atoms with E-state index in [1.165, 1.54) is 6.20 Å². The van der Waals surface area contributed by atoms with Crippen LogP contribution in [0.15, 0.2) is 42.6 Å². The number of amides is 1. The second-order valence-electron chi connectivity index (χ2n) is 7.10. The Labute approximate surface area is 156 Å². The molecule has 0 aromatic carbocycles. The molecule has 1 aliphatic carbocycles. The molecular formula is C19H18ClN5O. The van der Waals surface area contributed by atoms with E-state index in [9.17, 15) is 4.79 Å². The Morgan fingerprint density at radius 1 is 1.19 bits per heavy atom. The Morgan fingerprint density at radius 2 is 1.92 bits per heavy atom. The molecular weight excluding hydrogens is 350 g/mol. The third-order valence-electron chi connectivity index (χ3n) is 5.05. The lowest BCUT2D eigenvalue weighted by molar-refractivity contribution is -0.125. The summed E-state index contributed by atoms with van der Waals surface area (Å²) >= 11 is 6.00. The van der Waals surface area contributed by atoms with Gasteiger partial charge in [0.05, 0.1) is 17.8 Å². The van der Waals surface area contributed by atoms with Crippen LogP contribution in [0.3, 0.4) is 0 Å². The zero-order valence-corrected chi connectivity index (χ0v) is 15.5. The lowest BCUT2D eigenvalue weighted by Gasteiger charge is -2.25. The number of anilines is 1. The fourth-order valence-corrected chi connectivity index (χ4v) is 3.69. The lowest BCUT2D eigenvalue weighted by atomic mass is 9.75. The number of aromatic nitrogens is 4. The summed E-state index contributed by atoms with van der Waals surface area (Å²) in [5, 5.41) is 0.260. The first-order chi connectivity index (χ1) is 12.4. The van der Waals surface area contributed by atoms with Gasteiger partial charge in [0.2, 0.25) is 5.91 Å². The number of rotatable bonds is 2. The number of aryl methyl sites for hydroxylation is 1. The summed E-state index contributed by atoms with van der Waals surface area (Å²) in [5.74, 6) is 1.25. The van der Waals surface area contributed by atoms with Gasteiger partial charge < -0.3 is 0 Å². The van der Waals surface area contributed by atoms with Gasteiger partial charge in [-0.3, -0.25) is 14.7 Å². The van der Waals surface area contributed by atoms with Gasteiger partial charge >= 0.3 is 0 Å². The van der Waals surface area contributed by atoms with E-state index < -0.39 is 5.41 Å². The number of carbonyl (C=O) groups is 1. The van der Waals surface area contributed by atoms with E-state index in [0.717, 1.165) is 29.1 Å². The van der Waals surface area contributed by atoms with Crippen molar-refractivity contribution in [2.45, 2.75) is 27.2 Å². The predicted octanol–water partition coefficient (Wildman–Crippen LogP) is 3.59. The Morgan fingerprint density at radius 3 is 2.62 bits per heavy atom. The molecule has 2 aromatic rings. The molecule has 132 valence electrons. The minimum Gasteiger partial charge on any atom is -0.273 e. The smallest absolute Gasteiger partial charge is 0.238 e. The van der Waals surface area contributed by atoms with Crippen LogP contribution in [0.4, 0.5) is 5.82 Å². The standard InChI is InChI=1S/C19H18ClN5O/c1-11-22-7-13(8-23-11)12-4-5-14-15(6-12)25(18(26)19(14,2)3)17-10-21-9-16(20)24-17/h4,6-10,14H,5H2,1-3H3. The SMILES string of the molecule is Cc1ncc(C2=CCC3C(=C2)N(c2cncc(Cl)n2)C(=O)C3(C)C)cn1. The predicted molar refractivity (Wildman–Crippen MR) is 99.2 cm³/mol. The second kappa shape index (κ2) is 5.99. The number of halogens is 1. The van der Waals surface area contributed by atoms with Crippen LogP contribution < -0.4 is 4.90 Å². The number of hydrogen-bond acceptors (Lipinski definition) is 5. The number of allylic oxidation sites excluding steroid dienone is 4. The van der Waals surface area contributed by atoms with E-state index in [0.29, 0.717) is 5.82 Å². The van der Waals surface area contributed by atoms with Crippen LogP contribution in [0.2, 0.25) is 5.15 Å². The molecule has 1 amide bonds. The van der Waals surface area contributed by atoms with Gasteiger partial charge in [0.25, 0.3) is 0 Å². The van der Waals surface area contributed by atoms with Gasteiger partial charge in [-0.2, -0.15) is 0 Å². The molecule has 1 saturated heterocycles. The first-order valence-corrected chi connectivity index (χ1v) is 8.78. The van der Waals surface area contributed by atoms with Gasteiger partial charge in [-0.1, -0.05) is 31.5 Å². The van der Waals surface area contributed by atoms with Crippen molar-refractivity contribution < 1.29 is 4.79 Å². The fourth-order valence-electron chi connectivity index (χ4n) is 3.54. The second-order valence-corrected chi connectivity index (χ2v) is 7.49. The zero-order chi connectivity index (χ0) is 18.5.